The summed E-state index contributed by atoms with van der Waals surface area (Å²) in [6.45, 7) is 3.29. The minimum Gasteiger partial charge on any atom is -0.491 e. The predicted octanol–water partition coefficient (Wildman–Crippen LogP) is 2.60. The van der Waals surface area contributed by atoms with Crippen LogP contribution in [-0.2, 0) is 0 Å². The minimum atomic E-state index is 0.559. The predicted molar refractivity (Wildman–Crippen MR) is 66.9 cm³/mol. The Balaban J connectivity index is 1.81. The van der Waals surface area contributed by atoms with Gasteiger partial charge in [0.15, 0.2) is 0 Å². The van der Waals surface area contributed by atoms with Crippen LogP contribution in [0.25, 0.3) is 0 Å². The second-order valence-corrected chi connectivity index (χ2v) is 5.83. The summed E-state index contributed by atoms with van der Waals surface area (Å²) in [5.41, 5.74) is 1.30. The number of aromatic amines is 1. The van der Waals surface area contributed by atoms with Crippen molar-refractivity contribution in [2.24, 2.45) is 5.92 Å². The highest BCUT2D eigenvalue weighted by Crippen LogP contribution is 2.42. The maximum atomic E-state index is 5.74. The molecule has 4 heteroatoms. The summed E-state index contributed by atoms with van der Waals surface area (Å²) >= 11 is 3.48. The van der Waals surface area contributed by atoms with Crippen LogP contribution in [0.4, 0.5) is 0 Å². The normalized spacial score (nSPS) is 30.1. The van der Waals surface area contributed by atoms with E-state index < -0.39 is 0 Å². The van der Waals surface area contributed by atoms with Crippen LogP contribution in [0, 0.1) is 5.92 Å². The lowest BCUT2D eigenvalue weighted by Gasteiger charge is -2.32. The van der Waals surface area contributed by atoms with Gasteiger partial charge in [0.1, 0.15) is 5.75 Å². The molecule has 1 aromatic heterocycles. The van der Waals surface area contributed by atoms with Crippen LogP contribution in [0.1, 0.15) is 24.5 Å². The van der Waals surface area contributed by atoms with Crippen molar-refractivity contribution < 1.29 is 4.74 Å². The number of rotatable bonds is 1. The summed E-state index contributed by atoms with van der Waals surface area (Å²) in [5.74, 6) is 2.35. The SMILES string of the molecule is CN1CCCC(C2COc3cc(Br)[nH]c32)C1. The topological polar surface area (TPSA) is 28.3 Å². The molecule has 2 atom stereocenters. The molecule has 88 valence electrons. The van der Waals surface area contributed by atoms with E-state index in [0.717, 1.165) is 22.9 Å². The maximum absolute atomic E-state index is 5.74. The Labute approximate surface area is 104 Å². The monoisotopic (exact) mass is 284 g/mol. The van der Waals surface area contributed by atoms with Gasteiger partial charge in [-0.2, -0.15) is 0 Å². The van der Waals surface area contributed by atoms with Crippen LogP contribution >= 0.6 is 15.9 Å². The molecule has 3 nitrogen and oxygen atoms in total. The third-order valence-corrected chi connectivity index (χ3v) is 4.22. The number of H-pyrrole nitrogens is 1. The zero-order valence-electron chi connectivity index (χ0n) is 9.50. The van der Waals surface area contributed by atoms with Crippen molar-refractivity contribution in [2.45, 2.75) is 18.8 Å². The summed E-state index contributed by atoms with van der Waals surface area (Å²) in [6.07, 6.45) is 2.64. The van der Waals surface area contributed by atoms with Crippen molar-refractivity contribution in [1.82, 2.24) is 9.88 Å². The van der Waals surface area contributed by atoms with Gasteiger partial charge in [0, 0.05) is 18.5 Å². The fourth-order valence-corrected chi connectivity index (χ4v) is 3.40. The summed E-state index contributed by atoms with van der Waals surface area (Å²) in [7, 11) is 2.22. The smallest absolute Gasteiger partial charge is 0.141 e. The molecule has 0 saturated carbocycles. The molecule has 0 aromatic carbocycles. The number of halogens is 1. The molecule has 2 aliphatic heterocycles. The van der Waals surface area contributed by atoms with Gasteiger partial charge in [-0.25, -0.2) is 0 Å². The molecule has 1 fully saturated rings. The first kappa shape index (κ1) is 10.7. The highest BCUT2D eigenvalue weighted by molar-refractivity contribution is 9.10. The summed E-state index contributed by atoms with van der Waals surface area (Å²) in [5, 5.41) is 0. The standard InChI is InChI=1S/C12H17BrN2O/c1-15-4-2-3-8(6-15)9-7-16-10-5-11(13)14-12(9)10/h5,8-9,14H,2-4,6-7H2,1H3. The molecule has 0 radical (unpaired) electrons. The molecule has 1 aromatic rings. The highest BCUT2D eigenvalue weighted by atomic mass is 79.9. The van der Waals surface area contributed by atoms with Gasteiger partial charge in [-0.05, 0) is 48.3 Å². The molecule has 3 heterocycles. The van der Waals surface area contributed by atoms with Crippen molar-refractivity contribution in [3.8, 4) is 5.75 Å². The number of aromatic nitrogens is 1. The Bertz CT molecular complexity index is 390. The number of likely N-dealkylation sites (tertiary alicyclic amines) is 1. The van der Waals surface area contributed by atoms with Crippen molar-refractivity contribution in [3.63, 3.8) is 0 Å². The van der Waals surface area contributed by atoms with E-state index in [1.807, 2.05) is 6.07 Å². The lowest BCUT2D eigenvalue weighted by molar-refractivity contribution is 0.170. The summed E-state index contributed by atoms with van der Waals surface area (Å²) in [6, 6.07) is 2.04. The summed E-state index contributed by atoms with van der Waals surface area (Å²) < 4.78 is 6.77. The first-order valence-electron chi connectivity index (χ1n) is 5.94. The van der Waals surface area contributed by atoms with Gasteiger partial charge >= 0.3 is 0 Å². The van der Waals surface area contributed by atoms with Gasteiger partial charge in [-0.3, -0.25) is 0 Å². The molecular weight excluding hydrogens is 268 g/mol. The zero-order valence-corrected chi connectivity index (χ0v) is 11.1. The number of hydrogen-bond acceptors (Lipinski definition) is 2. The molecule has 1 N–H and O–H groups in total. The first-order chi connectivity index (χ1) is 7.74. The zero-order chi connectivity index (χ0) is 11.1. The molecular formula is C12H17BrN2O. The Kier molecular flexibility index (Phi) is 2.72. The Hall–Kier alpha value is -0.480. The Morgan fingerprint density at radius 1 is 1.56 bits per heavy atom. The maximum Gasteiger partial charge on any atom is 0.141 e. The number of hydrogen-bond donors (Lipinski definition) is 1. The van der Waals surface area contributed by atoms with E-state index in [4.69, 9.17) is 4.74 Å². The van der Waals surface area contributed by atoms with E-state index in [1.54, 1.807) is 0 Å². The Morgan fingerprint density at radius 2 is 2.44 bits per heavy atom. The van der Waals surface area contributed by atoms with E-state index in [9.17, 15) is 0 Å². The van der Waals surface area contributed by atoms with Gasteiger partial charge in [-0.1, -0.05) is 0 Å². The van der Waals surface area contributed by atoms with E-state index >= 15 is 0 Å². The molecule has 2 unspecified atom stereocenters. The molecule has 3 rings (SSSR count). The van der Waals surface area contributed by atoms with Crippen LogP contribution in [-0.4, -0.2) is 36.6 Å². The lowest BCUT2D eigenvalue weighted by atomic mass is 9.85. The van der Waals surface area contributed by atoms with Crippen LogP contribution < -0.4 is 4.74 Å². The molecule has 0 bridgehead atoms. The number of piperidine rings is 1. The van der Waals surface area contributed by atoms with Crippen LogP contribution in [0.5, 0.6) is 5.75 Å². The van der Waals surface area contributed by atoms with Crippen LogP contribution in [0.3, 0.4) is 0 Å². The molecule has 0 aliphatic carbocycles. The number of fused-ring (bicyclic) bond motifs is 1. The van der Waals surface area contributed by atoms with E-state index in [2.05, 4.69) is 32.9 Å². The van der Waals surface area contributed by atoms with E-state index in [-0.39, 0.29) is 0 Å². The third kappa shape index (κ3) is 1.78. The Morgan fingerprint density at radius 3 is 3.25 bits per heavy atom. The molecule has 1 saturated heterocycles. The van der Waals surface area contributed by atoms with Crippen molar-refractivity contribution in [3.05, 3.63) is 16.4 Å². The molecule has 2 aliphatic rings. The van der Waals surface area contributed by atoms with Crippen LogP contribution in [0.2, 0.25) is 0 Å². The average molecular weight is 285 g/mol. The number of ether oxygens (including phenoxy) is 1. The second-order valence-electron chi connectivity index (χ2n) is 4.98. The fourth-order valence-electron chi connectivity index (χ4n) is 2.98. The fraction of sp³-hybridized carbons (Fsp3) is 0.667. The lowest BCUT2D eigenvalue weighted by Crippen LogP contribution is -2.35. The van der Waals surface area contributed by atoms with E-state index in [1.165, 1.54) is 31.6 Å². The van der Waals surface area contributed by atoms with Gasteiger partial charge in [-0.15, -0.1) is 0 Å². The third-order valence-electron chi connectivity index (χ3n) is 3.80. The minimum absolute atomic E-state index is 0.559. The van der Waals surface area contributed by atoms with Crippen molar-refractivity contribution >= 4 is 15.9 Å². The van der Waals surface area contributed by atoms with Gasteiger partial charge < -0.3 is 14.6 Å². The van der Waals surface area contributed by atoms with Crippen molar-refractivity contribution in [2.75, 3.05) is 26.7 Å². The first-order valence-corrected chi connectivity index (χ1v) is 6.73. The molecule has 0 spiro atoms. The van der Waals surface area contributed by atoms with Gasteiger partial charge in [0.25, 0.3) is 0 Å². The van der Waals surface area contributed by atoms with Gasteiger partial charge in [0.05, 0.1) is 16.9 Å². The molecule has 16 heavy (non-hydrogen) atoms. The molecule has 0 amide bonds. The second kappa shape index (κ2) is 4.08. The van der Waals surface area contributed by atoms with Crippen LogP contribution in [0.15, 0.2) is 10.7 Å². The number of nitrogens with zero attached hydrogens (tertiary/aromatic N) is 1. The number of nitrogens with one attached hydrogen (secondary N) is 1. The summed E-state index contributed by atoms with van der Waals surface area (Å²) in [4.78, 5) is 5.83. The van der Waals surface area contributed by atoms with Gasteiger partial charge in [0.2, 0.25) is 0 Å². The largest absolute Gasteiger partial charge is 0.491 e. The van der Waals surface area contributed by atoms with Crippen molar-refractivity contribution in [1.29, 1.82) is 0 Å². The average Bonchev–Trinajstić information content (AvgIpc) is 2.76. The quantitative estimate of drug-likeness (QED) is 0.859. The van der Waals surface area contributed by atoms with E-state index in [0.29, 0.717) is 5.92 Å². The highest BCUT2D eigenvalue weighted by Gasteiger charge is 2.34.